The van der Waals surface area contributed by atoms with E-state index in [2.05, 4.69) is 253 Å². The van der Waals surface area contributed by atoms with Gasteiger partial charge in [-0.05, 0) is 112 Å². The third-order valence-electron chi connectivity index (χ3n) is 15.0. The van der Waals surface area contributed by atoms with E-state index in [0.717, 1.165) is 89.8 Å². The van der Waals surface area contributed by atoms with Gasteiger partial charge in [-0.1, -0.05) is 241 Å². The molecule has 1 heterocycles. The van der Waals surface area contributed by atoms with E-state index in [1.165, 1.54) is 22.3 Å². The zero-order valence-electron chi connectivity index (χ0n) is 48.6. The van der Waals surface area contributed by atoms with E-state index >= 15 is 0 Å². The molecule has 5 heteroatoms. The van der Waals surface area contributed by atoms with E-state index in [1.54, 1.807) is 0 Å². The zero-order valence-corrected chi connectivity index (χ0v) is 48.6. The van der Waals surface area contributed by atoms with E-state index in [4.69, 9.17) is 23.7 Å². The molecule has 8 aromatic carbocycles. The van der Waals surface area contributed by atoms with Crippen molar-refractivity contribution in [3.05, 3.63) is 259 Å². The summed E-state index contributed by atoms with van der Waals surface area (Å²) < 4.78 is 36.0. The van der Waals surface area contributed by atoms with Crippen LogP contribution in [0, 0.1) is 0 Å². The second-order valence-electron chi connectivity index (χ2n) is 25.6. The minimum Gasteiger partial charge on any atom is -0.488 e. The first-order valence-electron chi connectivity index (χ1n) is 28.1. The summed E-state index contributed by atoms with van der Waals surface area (Å²) in [6, 6.07) is 61.0. The fourth-order valence-electron chi connectivity index (χ4n) is 10.3. The molecule has 8 aromatic rings. The van der Waals surface area contributed by atoms with Gasteiger partial charge in [0.05, 0.1) is 13.2 Å². The van der Waals surface area contributed by atoms with Crippen molar-refractivity contribution >= 4 is 0 Å². The van der Waals surface area contributed by atoms with Crippen molar-refractivity contribution in [2.24, 2.45) is 0 Å². The summed E-state index contributed by atoms with van der Waals surface area (Å²) in [5.74, 6) is 3.45. The second-order valence-corrected chi connectivity index (χ2v) is 25.6. The highest BCUT2D eigenvalue weighted by Crippen LogP contribution is 2.44. The van der Waals surface area contributed by atoms with Gasteiger partial charge in [-0.3, -0.25) is 0 Å². The Morgan fingerprint density at radius 1 is 0.282 bits per heavy atom. The minimum absolute atomic E-state index is 0.177. The van der Waals surface area contributed by atoms with Crippen LogP contribution < -0.4 is 18.9 Å². The van der Waals surface area contributed by atoms with Gasteiger partial charge in [-0.15, -0.1) is 0 Å². The van der Waals surface area contributed by atoms with Crippen LogP contribution in [0.4, 0.5) is 0 Å². The molecule has 0 fully saturated rings. The number of benzene rings is 8. The van der Waals surface area contributed by atoms with Crippen LogP contribution in [0.1, 0.15) is 172 Å². The van der Waals surface area contributed by atoms with Crippen LogP contribution in [0.3, 0.4) is 0 Å². The molecule has 78 heavy (non-hydrogen) atoms. The summed E-state index contributed by atoms with van der Waals surface area (Å²) >= 11 is 0. The lowest BCUT2D eigenvalue weighted by Gasteiger charge is -2.29. The number of fused-ring (bicyclic) bond motifs is 8. The molecule has 0 amide bonds. The topological polar surface area (TPSA) is 46.2 Å². The van der Waals surface area contributed by atoms with E-state index in [0.29, 0.717) is 58.9 Å². The molecule has 0 aliphatic carbocycles. The third kappa shape index (κ3) is 14.0. The van der Waals surface area contributed by atoms with Gasteiger partial charge in [0.1, 0.15) is 49.4 Å². The van der Waals surface area contributed by atoms with Gasteiger partial charge < -0.3 is 23.7 Å². The Labute approximate surface area is 467 Å². The van der Waals surface area contributed by atoms with E-state index in [1.807, 2.05) is 0 Å². The van der Waals surface area contributed by atoms with Crippen molar-refractivity contribution in [2.45, 2.75) is 164 Å². The summed E-state index contributed by atoms with van der Waals surface area (Å²) in [5.41, 5.74) is 17.2. The quantitative estimate of drug-likeness (QED) is 0.122. The van der Waals surface area contributed by atoms with Crippen molar-refractivity contribution in [1.29, 1.82) is 0 Å². The van der Waals surface area contributed by atoms with Crippen LogP contribution >= 0.6 is 0 Å². The minimum atomic E-state index is -0.186. The molecule has 0 saturated carbocycles. The standard InChI is InChI=1S/C73H82O5/c1-70(2,3)62-36-54-33-55-37-63(71(4,5)6)39-57(67(55)76-45-51-27-19-14-20-28-51)35-59-41-65(73(10,11)12)43-61(69(59)78-47-53-31-23-16-24-32-53)49-74-48-60-42-64(72(7,8)9)40-58(68(60)77-46-52-29-21-15-22-30-52)34-56(38-62)66(54)75-44-50-25-17-13-18-26-50/h13-32,36-43H,33-35,44-49H2,1-12H3. The molecule has 0 unspecified atom stereocenters. The number of hydrogen-bond acceptors (Lipinski definition) is 5. The Balaban J connectivity index is 1.35. The van der Waals surface area contributed by atoms with Crippen LogP contribution in [-0.4, -0.2) is 0 Å². The predicted octanol–water partition coefficient (Wildman–Crippen LogP) is 18.0. The molecule has 404 valence electrons. The third-order valence-corrected chi connectivity index (χ3v) is 15.0. The molecule has 0 saturated heterocycles. The molecule has 1 aliphatic heterocycles. The lowest BCUT2D eigenvalue weighted by atomic mass is 9.80. The summed E-state index contributed by atoms with van der Waals surface area (Å²) in [4.78, 5) is 0. The summed E-state index contributed by atoms with van der Waals surface area (Å²) in [7, 11) is 0. The number of rotatable bonds is 12. The molecule has 0 radical (unpaired) electrons. The fraction of sp³-hybridized carbons (Fsp3) is 0.342. The Hall–Kier alpha value is -7.08. The Kier molecular flexibility index (Phi) is 16.8. The van der Waals surface area contributed by atoms with Crippen LogP contribution in [0.2, 0.25) is 0 Å². The molecule has 0 spiro atoms. The Bertz CT molecular complexity index is 3070. The first-order valence-corrected chi connectivity index (χ1v) is 28.1. The largest absolute Gasteiger partial charge is 0.488 e. The maximum Gasteiger partial charge on any atom is 0.128 e. The molecule has 8 bridgehead atoms. The molecule has 0 N–H and O–H groups in total. The summed E-state index contributed by atoms with van der Waals surface area (Å²) in [6.45, 7) is 29.9. The van der Waals surface area contributed by atoms with Gasteiger partial charge in [0.25, 0.3) is 0 Å². The van der Waals surface area contributed by atoms with Crippen molar-refractivity contribution in [1.82, 2.24) is 0 Å². The maximum absolute atomic E-state index is 7.31. The molecular formula is C73H82O5. The van der Waals surface area contributed by atoms with Crippen LogP contribution in [-0.2, 0) is 85.3 Å². The SMILES string of the molecule is CC(C)(C)c1cc2c(OCc3ccccc3)c(c1)Cc1cc(C(C)(C)C)cc(c1OCc1ccccc1)Cc1cc(C(C)(C)C)cc(c1OCc1ccccc1)Cc1cc(C(C)(C)C)cc(c1OCc1ccccc1)COC2. The van der Waals surface area contributed by atoms with Crippen LogP contribution in [0.25, 0.3) is 0 Å². The molecule has 1 aliphatic rings. The number of ether oxygens (including phenoxy) is 5. The zero-order chi connectivity index (χ0) is 55.2. The smallest absolute Gasteiger partial charge is 0.128 e. The van der Waals surface area contributed by atoms with E-state index in [9.17, 15) is 0 Å². The van der Waals surface area contributed by atoms with Gasteiger partial charge in [0.2, 0.25) is 0 Å². The maximum atomic E-state index is 7.31. The molecule has 0 atom stereocenters. The van der Waals surface area contributed by atoms with Crippen molar-refractivity contribution < 1.29 is 23.7 Å². The van der Waals surface area contributed by atoms with Gasteiger partial charge in [-0.2, -0.15) is 0 Å². The number of hydrogen-bond donors (Lipinski definition) is 0. The first-order chi connectivity index (χ1) is 37.2. The highest BCUT2D eigenvalue weighted by molar-refractivity contribution is 5.58. The normalized spacial score (nSPS) is 13.3. The van der Waals surface area contributed by atoms with Crippen LogP contribution in [0.5, 0.6) is 23.0 Å². The molecule has 0 aromatic heterocycles. The van der Waals surface area contributed by atoms with Gasteiger partial charge in [0, 0.05) is 30.4 Å². The monoisotopic (exact) mass is 1040 g/mol. The average molecular weight is 1040 g/mol. The highest BCUT2D eigenvalue weighted by atomic mass is 16.5. The van der Waals surface area contributed by atoms with Crippen molar-refractivity contribution in [2.75, 3.05) is 0 Å². The fourth-order valence-corrected chi connectivity index (χ4v) is 10.3. The lowest BCUT2D eigenvalue weighted by molar-refractivity contribution is 0.101. The van der Waals surface area contributed by atoms with Gasteiger partial charge in [0.15, 0.2) is 0 Å². The van der Waals surface area contributed by atoms with Gasteiger partial charge >= 0.3 is 0 Å². The molecular weight excluding hydrogens is 957 g/mol. The molecule has 9 rings (SSSR count). The highest BCUT2D eigenvalue weighted by Gasteiger charge is 2.29. The predicted molar refractivity (Wildman–Crippen MR) is 321 cm³/mol. The lowest BCUT2D eigenvalue weighted by Crippen LogP contribution is -2.17. The first kappa shape index (κ1) is 55.7. The second kappa shape index (κ2) is 23.5. The molecule has 5 nitrogen and oxygen atoms in total. The van der Waals surface area contributed by atoms with Crippen LogP contribution in [0.15, 0.2) is 170 Å². The van der Waals surface area contributed by atoms with E-state index < -0.39 is 0 Å². The van der Waals surface area contributed by atoms with Crippen molar-refractivity contribution in [3.8, 4) is 23.0 Å². The Morgan fingerprint density at radius 2 is 0.474 bits per heavy atom. The Morgan fingerprint density at radius 3 is 0.679 bits per heavy atom. The van der Waals surface area contributed by atoms with E-state index in [-0.39, 0.29) is 21.7 Å². The van der Waals surface area contributed by atoms with Gasteiger partial charge in [-0.25, -0.2) is 0 Å². The summed E-state index contributed by atoms with van der Waals surface area (Å²) in [5, 5.41) is 0. The van der Waals surface area contributed by atoms with Crippen molar-refractivity contribution in [3.63, 3.8) is 0 Å². The summed E-state index contributed by atoms with van der Waals surface area (Å²) in [6.07, 6.45) is 1.72. The average Bonchev–Trinajstić information content (AvgIpc) is 3.44.